The quantitative estimate of drug-likeness (QED) is 0.306. The molecule has 0 heterocycles. The van der Waals surface area contributed by atoms with E-state index in [0.29, 0.717) is 0 Å². The molecule has 0 radical (unpaired) electrons. The second-order valence-electron chi connectivity index (χ2n) is 1.29. The Kier molecular flexibility index (Phi) is 16.2. The molecule has 0 atom stereocenters. The van der Waals surface area contributed by atoms with E-state index in [1.54, 1.807) is 0 Å². The van der Waals surface area contributed by atoms with Crippen LogP contribution in [0, 0.1) is 0 Å². The van der Waals surface area contributed by atoms with Gasteiger partial charge in [0, 0.05) is 5.33 Å². The summed E-state index contributed by atoms with van der Waals surface area (Å²) < 4.78 is -1.26. The Labute approximate surface area is 131 Å². The number of hydrogen-bond donors (Lipinski definition) is 0. The molecule has 0 amide bonds. The van der Waals surface area contributed by atoms with Crippen molar-refractivity contribution in [2.75, 3.05) is 5.33 Å². The summed E-state index contributed by atoms with van der Waals surface area (Å²) in [4.78, 5) is 19.0. The van der Waals surface area contributed by atoms with Crippen LogP contribution in [0.2, 0.25) is 0 Å². The molecule has 0 saturated carbocycles. The molecule has 0 saturated heterocycles. The van der Waals surface area contributed by atoms with Gasteiger partial charge in [-0.1, -0.05) is 63.7 Å². The van der Waals surface area contributed by atoms with Crippen molar-refractivity contribution in [2.24, 2.45) is 0 Å². The normalized spacial score (nSPS) is 8.92. The fourth-order valence-electron chi connectivity index (χ4n) is 0. The molecule has 0 spiro atoms. The van der Waals surface area contributed by atoms with Crippen molar-refractivity contribution < 1.29 is 49.4 Å². The molecule has 4 nitrogen and oxygen atoms in total. The number of rotatable bonds is 1. The van der Waals surface area contributed by atoms with Gasteiger partial charge in [0.2, 0.25) is 0 Å². The topological polar surface area (TPSA) is 80.3 Å². The molecule has 13 heavy (non-hydrogen) atoms. The van der Waals surface area contributed by atoms with Crippen LogP contribution in [-0.2, 0) is 9.59 Å². The van der Waals surface area contributed by atoms with Gasteiger partial charge in [-0.2, -0.15) is 0 Å². The van der Waals surface area contributed by atoms with Crippen LogP contribution >= 0.6 is 63.7 Å². The van der Waals surface area contributed by atoms with E-state index in [2.05, 4.69) is 63.7 Å². The summed E-state index contributed by atoms with van der Waals surface area (Å²) in [6.07, 6.45) is 0. The number of carbonyl (C=O) groups is 2. The maximum absolute atomic E-state index is 9.77. The Hall–Kier alpha value is 1.86. The Balaban J connectivity index is -0.000000150. The van der Waals surface area contributed by atoms with Crippen molar-refractivity contribution in [1.29, 1.82) is 0 Å². The average molecular weight is 457 g/mol. The van der Waals surface area contributed by atoms with Crippen molar-refractivity contribution in [3.63, 3.8) is 0 Å². The van der Waals surface area contributed by atoms with Crippen LogP contribution in [0.15, 0.2) is 0 Å². The van der Waals surface area contributed by atoms with Crippen LogP contribution in [0.3, 0.4) is 0 Å². The van der Waals surface area contributed by atoms with Gasteiger partial charge in [0.1, 0.15) is 0 Å². The van der Waals surface area contributed by atoms with E-state index in [4.69, 9.17) is 0 Å². The van der Waals surface area contributed by atoms with Gasteiger partial charge >= 0.3 is 29.6 Å². The summed E-state index contributed by atoms with van der Waals surface area (Å²) in [5.74, 6) is -2.34. The molecule has 0 aromatic carbocycles. The maximum atomic E-state index is 9.77. The first-order valence-electron chi connectivity index (χ1n) is 2.25. The zero-order chi connectivity index (χ0) is 10.4. The zero-order valence-corrected chi connectivity index (χ0v) is 14.7. The number of halogens is 4. The summed E-state index contributed by atoms with van der Waals surface area (Å²) in [6.45, 7) is 0. The molecule has 72 valence electrons. The molecule has 0 unspecified atom stereocenters. The number of carboxylic acids is 2. The zero-order valence-electron chi connectivity index (χ0n) is 6.35. The standard InChI is InChI=1S/C2HBr3O2.C2H3BrO2.Na/c3-2(4,5)1(6)7;3-1-2(4)5;/h(H,6,7);1H2,(H,4,5);/q;;+1/p-2. The van der Waals surface area contributed by atoms with Gasteiger partial charge < -0.3 is 19.8 Å². The Morgan fingerprint density at radius 2 is 1.31 bits per heavy atom. The molecule has 0 aliphatic carbocycles. The minimum Gasteiger partial charge on any atom is -0.549 e. The Bertz CT molecular complexity index is 168. The van der Waals surface area contributed by atoms with Crippen molar-refractivity contribution >= 4 is 75.7 Å². The molecule has 0 aromatic rings. The Morgan fingerprint density at radius 1 is 1.15 bits per heavy atom. The van der Waals surface area contributed by atoms with Gasteiger partial charge in [-0.3, -0.25) is 0 Å². The third-order valence-electron chi connectivity index (χ3n) is 0.341. The second kappa shape index (κ2) is 10.4. The molecule has 0 aliphatic rings. The van der Waals surface area contributed by atoms with Gasteiger partial charge in [-0.25, -0.2) is 0 Å². The van der Waals surface area contributed by atoms with Gasteiger partial charge in [-0.05, 0) is 0 Å². The summed E-state index contributed by atoms with van der Waals surface area (Å²) in [5, 5.41) is 18.9. The first kappa shape index (κ1) is 20.3. The Morgan fingerprint density at radius 3 is 1.31 bits per heavy atom. The van der Waals surface area contributed by atoms with Gasteiger partial charge in [0.25, 0.3) is 0 Å². The first-order valence-corrected chi connectivity index (χ1v) is 5.75. The molecule has 0 rings (SSSR count). The molecular formula is C4H2Br4NaO4-. The minimum atomic E-state index is -1.26. The number of carboxylic acid groups (broad SMARTS) is 2. The first-order chi connectivity index (χ1) is 5.21. The van der Waals surface area contributed by atoms with E-state index >= 15 is 0 Å². The van der Waals surface area contributed by atoms with Crippen LogP contribution in [0.1, 0.15) is 0 Å². The van der Waals surface area contributed by atoms with Gasteiger partial charge in [0.15, 0.2) is 2.14 Å². The van der Waals surface area contributed by atoms with Crippen LogP contribution in [0.5, 0.6) is 0 Å². The van der Waals surface area contributed by atoms with E-state index in [-0.39, 0.29) is 34.9 Å². The molecule has 0 aromatic heterocycles. The monoisotopic (exact) mass is 453 g/mol. The third kappa shape index (κ3) is 20.1. The fourth-order valence-corrected chi connectivity index (χ4v) is 0. The number of alkyl halides is 4. The van der Waals surface area contributed by atoms with Crippen LogP contribution in [0.4, 0.5) is 0 Å². The van der Waals surface area contributed by atoms with Gasteiger partial charge in [-0.15, -0.1) is 0 Å². The summed E-state index contributed by atoms with van der Waals surface area (Å²) in [7, 11) is 0. The molecule has 0 bridgehead atoms. The smallest absolute Gasteiger partial charge is 0.549 e. The number of carbonyl (C=O) groups excluding carboxylic acids is 2. The van der Waals surface area contributed by atoms with E-state index in [1.165, 1.54) is 0 Å². The SMILES string of the molecule is O=C([O-])C(Br)(Br)Br.O=C([O-])CBr.[Na+]. The molecule has 9 heteroatoms. The second-order valence-corrected chi connectivity index (χ2v) is 8.61. The predicted molar refractivity (Wildman–Crippen MR) is 53.3 cm³/mol. The van der Waals surface area contributed by atoms with Crippen LogP contribution < -0.4 is 39.8 Å². The summed E-state index contributed by atoms with van der Waals surface area (Å²) in [5.41, 5.74) is 0. The summed E-state index contributed by atoms with van der Waals surface area (Å²) in [6, 6.07) is 0. The van der Waals surface area contributed by atoms with E-state index in [0.717, 1.165) is 0 Å². The fraction of sp³-hybridized carbons (Fsp3) is 0.500. The summed E-state index contributed by atoms with van der Waals surface area (Å²) >= 11 is 10.8. The van der Waals surface area contributed by atoms with Crippen molar-refractivity contribution in [1.82, 2.24) is 0 Å². The van der Waals surface area contributed by atoms with E-state index in [9.17, 15) is 19.8 Å². The molecule has 0 aliphatic heterocycles. The molecular weight excluding hydrogens is 455 g/mol. The van der Waals surface area contributed by atoms with Crippen LogP contribution in [-0.4, -0.2) is 19.4 Å². The predicted octanol–water partition coefficient (Wildman–Crippen LogP) is -3.29. The largest absolute Gasteiger partial charge is 1.00 e. The van der Waals surface area contributed by atoms with Crippen molar-refractivity contribution in [3.05, 3.63) is 0 Å². The van der Waals surface area contributed by atoms with Crippen molar-refractivity contribution in [3.8, 4) is 0 Å². The number of aliphatic carboxylic acids is 2. The number of hydrogen-bond acceptors (Lipinski definition) is 4. The van der Waals surface area contributed by atoms with Crippen LogP contribution in [0.25, 0.3) is 0 Å². The molecule has 0 N–H and O–H groups in total. The van der Waals surface area contributed by atoms with Gasteiger partial charge in [0.05, 0.1) is 11.9 Å². The van der Waals surface area contributed by atoms with E-state index < -0.39 is 14.1 Å². The maximum Gasteiger partial charge on any atom is 1.00 e. The molecule has 0 fully saturated rings. The third-order valence-corrected chi connectivity index (χ3v) is 1.77. The minimum absolute atomic E-state index is 0. The van der Waals surface area contributed by atoms with E-state index in [1.807, 2.05) is 0 Å². The van der Waals surface area contributed by atoms with Crippen molar-refractivity contribution in [2.45, 2.75) is 2.14 Å². The average Bonchev–Trinajstić information content (AvgIpc) is 1.87.